The zero-order chi connectivity index (χ0) is 31.4. The first kappa shape index (κ1) is 36.4. The number of nitrogens with zero attached hydrogens (tertiary/aromatic N) is 2. The number of likely N-dealkylation sites (tertiary alicyclic amines) is 1. The molecule has 1 N–H and O–H groups in total. The molecular formula is C28H37BrF6N2O4. The second-order valence-electron chi connectivity index (χ2n) is 9.73. The minimum absolute atomic E-state index is 0.143. The maximum Gasteiger partial charge on any atom is 0.573 e. The van der Waals surface area contributed by atoms with Crippen molar-refractivity contribution in [3.8, 4) is 11.5 Å². The van der Waals surface area contributed by atoms with Crippen LogP contribution in [-0.4, -0.2) is 65.4 Å². The predicted octanol–water partition coefficient (Wildman–Crippen LogP) is 8.17. The van der Waals surface area contributed by atoms with Gasteiger partial charge in [-0.15, -0.1) is 26.3 Å². The number of aliphatic hydroxyl groups is 1. The Morgan fingerprint density at radius 1 is 0.878 bits per heavy atom. The van der Waals surface area contributed by atoms with E-state index >= 15 is 0 Å². The maximum absolute atomic E-state index is 12.1. The van der Waals surface area contributed by atoms with E-state index in [0.717, 1.165) is 44.6 Å². The summed E-state index contributed by atoms with van der Waals surface area (Å²) in [5, 5.41) is 9.95. The van der Waals surface area contributed by atoms with Gasteiger partial charge < -0.3 is 24.4 Å². The molecule has 0 spiro atoms. The molecule has 41 heavy (non-hydrogen) atoms. The second-order valence-corrected chi connectivity index (χ2v) is 10.6. The van der Waals surface area contributed by atoms with Crippen molar-refractivity contribution in [2.24, 2.45) is 5.92 Å². The Morgan fingerprint density at radius 3 is 1.61 bits per heavy atom. The number of rotatable bonds is 5. The summed E-state index contributed by atoms with van der Waals surface area (Å²) < 4.78 is 77.7. The standard InChI is InChI=1S/C13H26N2O2.C8H7F3O.C7H4BrF3O/c1-5-14(6-2)12(16)15-9-7-11(8-10-15)13(3,4)17;1-6-2-4-7(5-3-6)12-8(9,10)11;8-5-1-3-6(4-2-5)12-7(9,10)11/h11,17H,5-10H2,1-4H3;2-5H,1H3;1-4H. The zero-order valence-corrected chi connectivity index (χ0v) is 25.2. The number of urea groups is 1. The molecule has 0 unspecified atom stereocenters. The van der Waals surface area contributed by atoms with Crippen LogP contribution < -0.4 is 9.47 Å². The molecule has 232 valence electrons. The molecule has 1 aliphatic rings. The fraction of sp³-hybridized carbons (Fsp3) is 0.536. The molecule has 1 aliphatic heterocycles. The van der Waals surface area contributed by atoms with Gasteiger partial charge in [-0.05, 0) is 89.8 Å². The average Bonchev–Trinajstić information content (AvgIpc) is 2.86. The lowest BCUT2D eigenvalue weighted by molar-refractivity contribution is -0.275. The molecule has 1 saturated heterocycles. The highest BCUT2D eigenvalue weighted by Crippen LogP contribution is 2.28. The number of amides is 2. The molecule has 0 saturated carbocycles. The number of hydrogen-bond acceptors (Lipinski definition) is 4. The lowest BCUT2D eigenvalue weighted by Gasteiger charge is -2.39. The fourth-order valence-corrected chi connectivity index (χ4v) is 4.11. The van der Waals surface area contributed by atoms with Crippen molar-refractivity contribution in [1.82, 2.24) is 9.80 Å². The van der Waals surface area contributed by atoms with Gasteiger partial charge in [0.05, 0.1) is 5.60 Å². The topological polar surface area (TPSA) is 62.2 Å². The van der Waals surface area contributed by atoms with E-state index < -0.39 is 18.3 Å². The van der Waals surface area contributed by atoms with Crippen LogP contribution in [0.2, 0.25) is 0 Å². The number of halogens is 7. The third-order valence-corrected chi connectivity index (χ3v) is 6.63. The molecule has 0 radical (unpaired) electrons. The van der Waals surface area contributed by atoms with E-state index in [2.05, 4.69) is 25.4 Å². The van der Waals surface area contributed by atoms with Crippen molar-refractivity contribution in [2.75, 3.05) is 26.2 Å². The molecule has 2 aromatic rings. The predicted molar refractivity (Wildman–Crippen MR) is 148 cm³/mol. The molecule has 6 nitrogen and oxygen atoms in total. The highest BCUT2D eigenvalue weighted by atomic mass is 79.9. The number of piperidine rings is 1. The van der Waals surface area contributed by atoms with Gasteiger partial charge in [0.25, 0.3) is 0 Å². The van der Waals surface area contributed by atoms with Crippen LogP contribution in [0.4, 0.5) is 31.1 Å². The monoisotopic (exact) mass is 658 g/mol. The van der Waals surface area contributed by atoms with Gasteiger partial charge in [-0.2, -0.15) is 0 Å². The van der Waals surface area contributed by atoms with Crippen LogP contribution in [0.25, 0.3) is 0 Å². The third-order valence-electron chi connectivity index (χ3n) is 6.10. The Balaban J connectivity index is 0.000000315. The van der Waals surface area contributed by atoms with Crippen molar-refractivity contribution in [3.63, 3.8) is 0 Å². The SMILES string of the molecule is CCN(CC)C(=O)N1CCC(C(C)(C)O)CC1.Cc1ccc(OC(F)(F)F)cc1.FC(F)(F)Oc1ccc(Br)cc1. The number of carbonyl (C=O) groups is 1. The van der Waals surface area contributed by atoms with E-state index in [1.165, 1.54) is 36.4 Å². The number of ether oxygens (including phenoxy) is 2. The summed E-state index contributed by atoms with van der Waals surface area (Å²) in [5.74, 6) is -0.0953. The van der Waals surface area contributed by atoms with E-state index in [9.17, 15) is 36.2 Å². The van der Waals surface area contributed by atoms with Crippen LogP contribution in [0.5, 0.6) is 11.5 Å². The van der Waals surface area contributed by atoms with Crippen LogP contribution in [-0.2, 0) is 0 Å². The van der Waals surface area contributed by atoms with Crippen LogP contribution in [0.15, 0.2) is 53.0 Å². The van der Waals surface area contributed by atoms with Gasteiger partial charge in [0.2, 0.25) is 0 Å². The molecule has 0 atom stereocenters. The van der Waals surface area contributed by atoms with Crippen molar-refractivity contribution in [2.45, 2.75) is 65.8 Å². The minimum Gasteiger partial charge on any atom is -0.406 e. The summed E-state index contributed by atoms with van der Waals surface area (Å²) >= 11 is 3.09. The molecule has 0 bridgehead atoms. The second kappa shape index (κ2) is 16.1. The minimum atomic E-state index is -4.62. The van der Waals surface area contributed by atoms with E-state index in [1.807, 2.05) is 37.5 Å². The molecule has 0 aromatic heterocycles. The summed E-state index contributed by atoms with van der Waals surface area (Å²) in [6.45, 7) is 12.6. The molecular weight excluding hydrogens is 622 g/mol. The van der Waals surface area contributed by atoms with Gasteiger partial charge in [-0.1, -0.05) is 33.6 Å². The Morgan fingerprint density at radius 2 is 1.27 bits per heavy atom. The number of aryl methyl sites for hydroxylation is 1. The quantitative estimate of drug-likeness (QED) is 0.329. The van der Waals surface area contributed by atoms with Gasteiger partial charge in [0.1, 0.15) is 11.5 Å². The van der Waals surface area contributed by atoms with Crippen molar-refractivity contribution in [1.29, 1.82) is 0 Å². The van der Waals surface area contributed by atoms with Gasteiger partial charge in [-0.3, -0.25) is 0 Å². The smallest absolute Gasteiger partial charge is 0.406 e. The fourth-order valence-electron chi connectivity index (χ4n) is 3.85. The normalized spacial score (nSPS) is 14.2. The highest BCUT2D eigenvalue weighted by molar-refractivity contribution is 9.10. The first-order valence-electron chi connectivity index (χ1n) is 12.9. The van der Waals surface area contributed by atoms with Crippen molar-refractivity contribution >= 4 is 22.0 Å². The Kier molecular flexibility index (Phi) is 14.3. The largest absolute Gasteiger partial charge is 0.573 e. The molecule has 0 aliphatic carbocycles. The number of alkyl halides is 6. The Hall–Kier alpha value is -2.67. The van der Waals surface area contributed by atoms with E-state index in [-0.39, 0.29) is 17.5 Å². The van der Waals surface area contributed by atoms with Crippen LogP contribution >= 0.6 is 15.9 Å². The van der Waals surface area contributed by atoms with Crippen LogP contribution in [0, 0.1) is 12.8 Å². The molecule has 1 heterocycles. The summed E-state index contributed by atoms with van der Waals surface area (Å²) in [7, 11) is 0. The van der Waals surface area contributed by atoms with Crippen LogP contribution in [0.1, 0.15) is 46.1 Å². The summed E-state index contributed by atoms with van der Waals surface area (Å²) in [6.07, 6.45) is -7.42. The lowest BCUT2D eigenvalue weighted by Crippen LogP contribution is -2.49. The molecule has 2 aromatic carbocycles. The summed E-state index contributed by atoms with van der Waals surface area (Å²) in [6, 6.07) is 11.2. The van der Waals surface area contributed by atoms with Gasteiger partial charge in [0, 0.05) is 30.7 Å². The number of carbonyl (C=O) groups excluding carboxylic acids is 1. The Labute approximate surface area is 245 Å². The molecule has 1 fully saturated rings. The number of benzene rings is 2. The van der Waals surface area contributed by atoms with Gasteiger partial charge in [-0.25, -0.2) is 4.79 Å². The van der Waals surface area contributed by atoms with Crippen molar-refractivity contribution in [3.05, 3.63) is 58.6 Å². The highest BCUT2D eigenvalue weighted by Gasteiger charge is 2.33. The van der Waals surface area contributed by atoms with E-state index in [4.69, 9.17) is 0 Å². The summed E-state index contributed by atoms with van der Waals surface area (Å²) in [5.41, 5.74) is 0.272. The van der Waals surface area contributed by atoms with Crippen LogP contribution in [0.3, 0.4) is 0 Å². The van der Waals surface area contributed by atoms with E-state index in [1.54, 1.807) is 19.1 Å². The molecule has 3 rings (SSSR count). The van der Waals surface area contributed by atoms with E-state index in [0.29, 0.717) is 10.4 Å². The van der Waals surface area contributed by atoms with Gasteiger partial charge in [0.15, 0.2) is 0 Å². The summed E-state index contributed by atoms with van der Waals surface area (Å²) in [4.78, 5) is 15.9. The van der Waals surface area contributed by atoms with Crippen molar-refractivity contribution < 1.29 is 45.7 Å². The zero-order valence-electron chi connectivity index (χ0n) is 23.7. The van der Waals surface area contributed by atoms with Gasteiger partial charge >= 0.3 is 18.8 Å². The average molecular weight is 660 g/mol. The maximum atomic E-state index is 12.1. The third kappa shape index (κ3) is 15.2. The first-order chi connectivity index (χ1) is 18.8. The number of hydrogen-bond donors (Lipinski definition) is 1. The lowest BCUT2D eigenvalue weighted by atomic mass is 9.83. The first-order valence-corrected chi connectivity index (χ1v) is 13.7. The molecule has 2 amide bonds. The molecule has 13 heteroatoms. The Bertz CT molecular complexity index is 973.